The Morgan fingerprint density at radius 3 is 2.88 bits per heavy atom. The molecular formula is C20H23BrN2O3. The minimum Gasteiger partial charge on any atom is -0.393 e. The molecule has 138 valence electrons. The summed E-state index contributed by atoms with van der Waals surface area (Å²) in [6.45, 7) is 2.59. The topological polar surface area (TPSA) is 56.5 Å². The van der Waals surface area contributed by atoms with Crippen LogP contribution in [0.2, 0.25) is 0 Å². The molecule has 1 aromatic carbocycles. The molecule has 1 aliphatic rings. The van der Waals surface area contributed by atoms with E-state index in [0.29, 0.717) is 0 Å². The molecule has 0 amide bonds. The Labute approximate surface area is 162 Å². The predicted octanol–water partition coefficient (Wildman–Crippen LogP) is 3.83. The highest BCUT2D eigenvalue weighted by atomic mass is 79.9. The van der Waals surface area contributed by atoms with Gasteiger partial charge in [0.25, 0.3) is 0 Å². The van der Waals surface area contributed by atoms with Gasteiger partial charge in [0, 0.05) is 29.0 Å². The summed E-state index contributed by atoms with van der Waals surface area (Å²) in [5, 5.41) is 9.82. The number of aliphatic hydroxyl groups excluding tert-OH is 1. The highest BCUT2D eigenvalue weighted by molar-refractivity contribution is 9.10. The number of hydrogen-bond acceptors (Lipinski definition) is 4. The van der Waals surface area contributed by atoms with Gasteiger partial charge in [0.05, 0.1) is 6.61 Å². The van der Waals surface area contributed by atoms with E-state index >= 15 is 0 Å². The molecular weight excluding hydrogens is 396 g/mol. The largest absolute Gasteiger partial charge is 0.393 e. The zero-order chi connectivity index (χ0) is 18.4. The molecule has 3 rings (SSSR count). The number of hydrogen-bond donors (Lipinski definition) is 1. The molecule has 2 unspecified atom stereocenters. The van der Waals surface area contributed by atoms with Crippen LogP contribution in [-0.4, -0.2) is 34.2 Å². The second kappa shape index (κ2) is 9.33. The number of aliphatic hydroxyl groups is 1. The van der Waals surface area contributed by atoms with Gasteiger partial charge in [0.15, 0.2) is 6.29 Å². The Morgan fingerprint density at radius 1 is 1.38 bits per heavy atom. The summed E-state index contributed by atoms with van der Waals surface area (Å²) in [4.78, 5) is 4.41. The first-order valence-electron chi connectivity index (χ1n) is 8.85. The fraction of sp³-hybridized carbons (Fsp3) is 0.450. The van der Waals surface area contributed by atoms with Gasteiger partial charge in [-0.2, -0.15) is 0 Å². The first-order chi connectivity index (χ1) is 12.7. The second-order valence-electron chi connectivity index (χ2n) is 6.24. The smallest absolute Gasteiger partial charge is 0.158 e. The van der Waals surface area contributed by atoms with Gasteiger partial charge in [-0.05, 0) is 50.5 Å². The first-order valence-corrected chi connectivity index (χ1v) is 9.64. The highest BCUT2D eigenvalue weighted by Crippen LogP contribution is 2.24. The van der Waals surface area contributed by atoms with Gasteiger partial charge in [0.2, 0.25) is 0 Å². The van der Waals surface area contributed by atoms with E-state index in [1.165, 1.54) is 0 Å². The van der Waals surface area contributed by atoms with Crippen LogP contribution in [0.15, 0.2) is 41.1 Å². The number of aromatic nitrogens is 2. The van der Waals surface area contributed by atoms with Gasteiger partial charge in [-0.25, -0.2) is 4.98 Å². The van der Waals surface area contributed by atoms with Crippen molar-refractivity contribution in [2.24, 2.45) is 0 Å². The molecule has 3 atom stereocenters. The Hall–Kier alpha value is -1.65. The van der Waals surface area contributed by atoms with E-state index in [9.17, 15) is 5.11 Å². The van der Waals surface area contributed by atoms with E-state index in [1.54, 1.807) is 6.20 Å². The van der Waals surface area contributed by atoms with E-state index in [2.05, 4.69) is 32.8 Å². The van der Waals surface area contributed by atoms with Crippen molar-refractivity contribution in [3.63, 3.8) is 0 Å². The number of ether oxygens (including phenoxy) is 2. The maximum absolute atomic E-state index is 9.82. The average Bonchev–Trinajstić information content (AvgIpc) is 3.14. The van der Waals surface area contributed by atoms with E-state index in [1.807, 2.05) is 42.0 Å². The summed E-state index contributed by atoms with van der Waals surface area (Å²) in [6.07, 6.45) is 6.21. The third-order valence-electron chi connectivity index (χ3n) is 4.29. The summed E-state index contributed by atoms with van der Waals surface area (Å²) in [7, 11) is 0. The van der Waals surface area contributed by atoms with Crippen molar-refractivity contribution < 1.29 is 14.6 Å². The molecule has 0 saturated carbocycles. The lowest BCUT2D eigenvalue weighted by atomic mass is 10.2. The van der Waals surface area contributed by atoms with Crippen molar-refractivity contribution in [2.75, 3.05) is 13.2 Å². The van der Waals surface area contributed by atoms with Gasteiger partial charge in [-0.15, -0.1) is 0 Å². The quantitative estimate of drug-likeness (QED) is 0.749. The summed E-state index contributed by atoms with van der Waals surface area (Å²) in [6, 6.07) is 7.38. The van der Waals surface area contributed by atoms with Crippen molar-refractivity contribution in [2.45, 2.75) is 44.6 Å². The Bertz CT molecular complexity index is 757. The maximum atomic E-state index is 9.82. The van der Waals surface area contributed by atoms with Crippen LogP contribution < -0.4 is 0 Å². The molecule has 2 heterocycles. The predicted molar refractivity (Wildman–Crippen MR) is 102 cm³/mol. The zero-order valence-electron chi connectivity index (χ0n) is 14.8. The summed E-state index contributed by atoms with van der Waals surface area (Å²) in [5.74, 6) is 6.98. The number of benzene rings is 1. The molecule has 0 bridgehead atoms. The van der Waals surface area contributed by atoms with Gasteiger partial charge < -0.3 is 19.1 Å². The molecule has 0 aliphatic carbocycles. The minimum atomic E-state index is -0.380. The second-order valence-corrected chi connectivity index (χ2v) is 7.16. The van der Waals surface area contributed by atoms with Gasteiger partial charge in [0.1, 0.15) is 18.0 Å². The molecule has 0 radical (unpaired) electrons. The lowest BCUT2D eigenvalue weighted by Crippen LogP contribution is -2.25. The number of rotatable bonds is 5. The maximum Gasteiger partial charge on any atom is 0.158 e. The molecule has 1 N–H and O–H groups in total. The molecule has 2 aromatic rings. The van der Waals surface area contributed by atoms with Crippen LogP contribution in [0.4, 0.5) is 0 Å². The number of imidazole rings is 1. The van der Waals surface area contributed by atoms with Crippen molar-refractivity contribution >= 4 is 15.9 Å². The lowest BCUT2D eigenvalue weighted by Gasteiger charge is -2.26. The van der Waals surface area contributed by atoms with Crippen molar-refractivity contribution in [3.05, 3.63) is 52.5 Å². The molecule has 1 aliphatic heterocycles. The first kappa shape index (κ1) is 19.1. The third-order valence-corrected chi connectivity index (χ3v) is 4.82. The summed E-state index contributed by atoms with van der Waals surface area (Å²) < 4.78 is 14.5. The van der Waals surface area contributed by atoms with E-state index in [0.717, 1.165) is 41.7 Å². The Morgan fingerprint density at radius 2 is 2.19 bits per heavy atom. The molecule has 26 heavy (non-hydrogen) atoms. The van der Waals surface area contributed by atoms with Crippen molar-refractivity contribution in [3.8, 4) is 11.8 Å². The fourth-order valence-electron chi connectivity index (χ4n) is 2.91. The molecule has 6 heteroatoms. The van der Waals surface area contributed by atoms with E-state index < -0.39 is 0 Å². The minimum absolute atomic E-state index is 0.0977. The summed E-state index contributed by atoms with van der Waals surface area (Å²) >= 11 is 3.41. The van der Waals surface area contributed by atoms with Crippen LogP contribution in [0.3, 0.4) is 0 Å². The molecule has 1 saturated heterocycles. The van der Waals surface area contributed by atoms with Crippen LogP contribution in [0, 0.1) is 11.8 Å². The zero-order valence-corrected chi connectivity index (χ0v) is 16.4. The van der Waals surface area contributed by atoms with Crippen LogP contribution in [-0.2, 0) is 9.47 Å². The Kier molecular flexibility index (Phi) is 6.86. The lowest BCUT2D eigenvalue weighted by molar-refractivity contribution is -0.188. The van der Waals surface area contributed by atoms with Gasteiger partial charge >= 0.3 is 0 Å². The number of halogens is 1. The van der Waals surface area contributed by atoms with Crippen LogP contribution >= 0.6 is 15.9 Å². The SMILES string of the molecule is C[C@H](OC1CCCCO1)c1nccn1C(C#Cc1ccc(Br)cc1)CO. The van der Waals surface area contributed by atoms with Crippen molar-refractivity contribution in [1.82, 2.24) is 9.55 Å². The standard InChI is InChI=1S/C20H23BrN2O3/c1-15(26-19-4-2-3-13-25-19)20-22-11-12-23(20)18(14-24)10-7-16-5-8-17(21)9-6-16/h5-6,8-9,11-12,15,18-19,24H,2-4,13-14H2,1H3/t15-,18?,19?/m0/s1. The highest BCUT2D eigenvalue weighted by Gasteiger charge is 2.22. The van der Waals surface area contributed by atoms with Gasteiger partial charge in [-0.3, -0.25) is 0 Å². The summed E-state index contributed by atoms with van der Waals surface area (Å²) in [5.41, 5.74) is 0.896. The number of nitrogens with zero attached hydrogens (tertiary/aromatic N) is 2. The monoisotopic (exact) mass is 418 g/mol. The third kappa shape index (κ3) is 4.95. The van der Waals surface area contributed by atoms with Gasteiger partial charge in [-0.1, -0.05) is 27.8 Å². The van der Waals surface area contributed by atoms with Crippen LogP contribution in [0.5, 0.6) is 0 Å². The average molecular weight is 419 g/mol. The molecule has 5 nitrogen and oxygen atoms in total. The van der Waals surface area contributed by atoms with Crippen molar-refractivity contribution in [1.29, 1.82) is 0 Å². The molecule has 0 spiro atoms. The fourth-order valence-corrected chi connectivity index (χ4v) is 3.18. The Balaban J connectivity index is 1.73. The molecule has 1 aromatic heterocycles. The van der Waals surface area contributed by atoms with E-state index in [4.69, 9.17) is 9.47 Å². The van der Waals surface area contributed by atoms with Crippen LogP contribution in [0.1, 0.15) is 49.7 Å². The van der Waals surface area contributed by atoms with Crippen LogP contribution in [0.25, 0.3) is 0 Å². The normalized spacial score (nSPS) is 19.4. The molecule has 1 fully saturated rings. The van der Waals surface area contributed by atoms with E-state index in [-0.39, 0.29) is 25.0 Å².